The lowest BCUT2D eigenvalue weighted by atomic mass is 10.0. The molecule has 1 saturated heterocycles. The fourth-order valence-electron chi connectivity index (χ4n) is 4.32. The maximum Gasteiger partial charge on any atom is 0.263 e. The quantitative estimate of drug-likeness (QED) is 0.352. The number of methoxy groups -OCH3 is 1. The second-order valence-corrected chi connectivity index (χ2v) is 9.38. The largest absolute Gasteiger partial charge is 0.496 e. The van der Waals surface area contributed by atoms with E-state index in [9.17, 15) is 4.79 Å². The van der Waals surface area contributed by atoms with Gasteiger partial charge in [0.05, 0.1) is 42.7 Å². The Morgan fingerprint density at radius 1 is 1.11 bits per heavy atom. The second-order valence-electron chi connectivity index (χ2n) is 8.37. The van der Waals surface area contributed by atoms with Gasteiger partial charge >= 0.3 is 0 Å². The van der Waals surface area contributed by atoms with Crippen LogP contribution in [0, 0.1) is 0 Å². The minimum absolute atomic E-state index is 0.120. The first-order valence-corrected chi connectivity index (χ1v) is 12.7. The molecule has 0 saturated carbocycles. The number of carbonyl (C=O) groups excluding carboxylic acids is 1. The van der Waals surface area contributed by atoms with E-state index in [1.807, 2.05) is 61.5 Å². The number of fused-ring (bicyclic) bond motifs is 2. The third-order valence-corrected chi connectivity index (χ3v) is 7.22. The van der Waals surface area contributed by atoms with Crippen molar-refractivity contribution in [1.29, 1.82) is 0 Å². The normalized spacial score (nSPS) is 14.3. The van der Waals surface area contributed by atoms with Crippen LogP contribution in [0.2, 0.25) is 0 Å². The molecule has 4 aromatic rings. The van der Waals surface area contributed by atoms with Crippen molar-refractivity contribution in [3.05, 3.63) is 60.2 Å². The van der Waals surface area contributed by atoms with Crippen LogP contribution in [0.3, 0.4) is 0 Å². The summed E-state index contributed by atoms with van der Waals surface area (Å²) in [6.07, 6.45) is 0. The van der Waals surface area contributed by atoms with Crippen molar-refractivity contribution in [1.82, 2.24) is 9.88 Å². The first-order valence-electron chi connectivity index (χ1n) is 11.9. The SMILES string of the molecule is CCOc1ccc2nc(N(CCN3CCOCC3)C(=O)c3cc4ccccc4cc3OC)sc2c1. The van der Waals surface area contributed by atoms with Crippen molar-refractivity contribution < 1.29 is 19.0 Å². The van der Waals surface area contributed by atoms with Crippen LogP contribution in [-0.2, 0) is 4.74 Å². The summed E-state index contributed by atoms with van der Waals surface area (Å²) in [4.78, 5) is 23.0. The number of morpholine rings is 1. The molecule has 8 heteroatoms. The van der Waals surface area contributed by atoms with Gasteiger partial charge in [-0.3, -0.25) is 14.6 Å². The van der Waals surface area contributed by atoms with Crippen LogP contribution in [0.4, 0.5) is 5.13 Å². The minimum atomic E-state index is -0.120. The molecule has 35 heavy (non-hydrogen) atoms. The summed E-state index contributed by atoms with van der Waals surface area (Å²) in [5.41, 5.74) is 1.38. The van der Waals surface area contributed by atoms with Gasteiger partial charge in [-0.1, -0.05) is 35.6 Å². The second kappa shape index (κ2) is 10.6. The summed E-state index contributed by atoms with van der Waals surface area (Å²) < 4.78 is 17.8. The van der Waals surface area contributed by atoms with E-state index in [1.54, 1.807) is 12.0 Å². The summed E-state index contributed by atoms with van der Waals surface area (Å²) in [6, 6.07) is 17.7. The van der Waals surface area contributed by atoms with Crippen LogP contribution in [0.1, 0.15) is 17.3 Å². The van der Waals surface area contributed by atoms with Gasteiger partial charge in [-0.2, -0.15) is 0 Å². The summed E-state index contributed by atoms with van der Waals surface area (Å²) in [7, 11) is 1.60. The first-order chi connectivity index (χ1) is 17.2. The number of aromatic nitrogens is 1. The number of thiazole rings is 1. The predicted octanol–water partition coefficient (Wildman–Crippen LogP) is 4.84. The fraction of sp³-hybridized carbons (Fsp3) is 0.333. The third kappa shape index (κ3) is 5.10. The van der Waals surface area contributed by atoms with E-state index in [0.717, 1.165) is 46.4 Å². The molecule has 1 aromatic heterocycles. The minimum Gasteiger partial charge on any atom is -0.496 e. The lowest BCUT2D eigenvalue weighted by molar-refractivity contribution is 0.0391. The van der Waals surface area contributed by atoms with Gasteiger partial charge in [0.1, 0.15) is 11.5 Å². The Balaban J connectivity index is 1.52. The van der Waals surface area contributed by atoms with E-state index < -0.39 is 0 Å². The Bertz CT molecular complexity index is 1330. The Hall–Kier alpha value is -3.20. The number of anilines is 1. The third-order valence-electron chi connectivity index (χ3n) is 6.18. The lowest BCUT2D eigenvalue weighted by Gasteiger charge is -2.29. The standard InChI is InChI=1S/C27H29N3O4S/c1-3-34-21-8-9-23-25(18-21)35-27(28-23)30(11-10-29-12-14-33-15-13-29)26(31)22-16-19-6-4-5-7-20(19)17-24(22)32-2/h4-9,16-18H,3,10-15H2,1-2H3. The zero-order chi connectivity index (χ0) is 24.2. The van der Waals surface area contributed by atoms with Gasteiger partial charge in [-0.15, -0.1) is 0 Å². The van der Waals surface area contributed by atoms with Crippen LogP contribution in [0.5, 0.6) is 11.5 Å². The highest BCUT2D eigenvalue weighted by Gasteiger charge is 2.26. The Labute approximate surface area is 208 Å². The molecule has 3 aromatic carbocycles. The maximum absolute atomic E-state index is 14.0. The van der Waals surface area contributed by atoms with E-state index in [4.69, 9.17) is 19.2 Å². The molecule has 182 valence electrons. The fourth-order valence-corrected chi connectivity index (χ4v) is 5.33. The van der Waals surface area contributed by atoms with E-state index in [-0.39, 0.29) is 5.91 Å². The number of carbonyl (C=O) groups is 1. The van der Waals surface area contributed by atoms with E-state index >= 15 is 0 Å². The first kappa shape index (κ1) is 23.5. The molecular formula is C27H29N3O4S. The number of amides is 1. The number of nitrogens with zero attached hydrogens (tertiary/aromatic N) is 3. The Morgan fingerprint density at radius 2 is 1.89 bits per heavy atom. The molecule has 0 N–H and O–H groups in total. The van der Waals surface area contributed by atoms with Crippen LogP contribution in [0.15, 0.2) is 54.6 Å². The molecule has 7 nitrogen and oxygen atoms in total. The highest BCUT2D eigenvalue weighted by molar-refractivity contribution is 7.22. The highest BCUT2D eigenvalue weighted by atomic mass is 32.1. The molecule has 0 aliphatic carbocycles. The molecule has 1 aliphatic heterocycles. The van der Waals surface area contributed by atoms with Crippen molar-refractivity contribution in [3.63, 3.8) is 0 Å². The van der Waals surface area contributed by atoms with E-state index in [0.29, 0.717) is 42.8 Å². The van der Waals surface area contributed by atoms with Gasteiger partial charge in [0.25, 0.3) is 5.91 Å². The summed E-state index contributed by atoms with van der Waals surface area (Å²) in [5.74, 6) is 1.24. The molecule has 1 aliphatic rings. The monoisotopic (exact) mass is 491 g/mol. The topological polar surface area (TPSA) is 64.1 Å². The van der Waals surface area contributed by atoms with Gasteiger partial charge in [0.2, 0.25) is 0 Å². The van der Waals surface area contributed by atoms with Gasteiger partial charge in [-0.05, 0) is 48.0 Å². The van der Waals surface area contributed by atoms with E-state index in [2.05, 4.69) is 4.90 Å². The van der Waals surface area contributed by atoms with E-state index in [1.165, 1.54) is 11.3 Å². The number of hydrogen-bond donors (Lipinski definition) is 0. The zero-order valence-corrected chi connectivity index (χ0v) is 20.8. The molecule has 0 spiro atoms. The molecule has 1 fully saturated rings. The molecule has 0 atom stereocenters. The summed E-state index contributed by atoms with van der Waals surface area (Å²) in [5, 5.41) is 2.70. The molecule has 0 bridgehead atoms. The average Bonchev–Trinajstić information content (AvgIpc) is 3.31. The van der Waals surface area contributed by atoms with Gasteiger partial charge in [0.15, 0.2) is 5.13 Å². The molecule has 5 rings (SSSR count). The van der Waals surface area contributed by atoms with Crippen molar-refractivity contribution in [2.75, 3.05) is 58.0 Å². The van der Waals surface area contributed by atoms with Crippen molar-refractivity contribution >= 4 is 43.4 Å². The van der Waals surface area contributed by atoms with Gasteiger partial charge in [-0.25, -0.2) is 4.98 Å². The smallest absolute Gasteiger partial charge is 0.263 e. The number of hydrogen-bond acceptors (Lipinski definition) is 7. The van der Waals surface area contributed by atoms with Crippen LogP contribution < -0.4 is 14.4 Å². The van der Waals surface area contributed by atoms with Gasteiger partial charge < -0.3 is 14.2 Å². The van der Waals surface area contributed by atoms with Crippen molar-refractivity contribution in [3.8, 4) is 11.5 Å². The van der Waals surface area contributed by atoms with Gasteiger partial charge in [0, 0.05) is 26.2 Å². The molecule has 0 radical (unpaired) electrons. The predicted molar refractivity (Wildman–Crippen MR) is 140 cm³/mol. The number of ether oxygens (including phenoxy) is 3. The average molecular weight is 492 g/mol. The molecule has 2 heterocycles. The van der Waals surface area contributed by atoms with Crippen LogP contribution in [0.25, 0.3) is 21.0 Å². The van der Waals surface area contributed by atoms with Crippen LogP contribution >= 0.6 is 11.3 Å². The molecule has 0 unspecified atom stereocenters. The lowest BCUT2D eigenvalue weighted by Crippen LogP contribution is -2.43. The number of benzene rings is 3. The molecular weight excluding hydrogens is 462 g/mol. The van der Waals surface area contributed by atoms with Crippen molar-refractivity contribution in [2.24, 2.45) is 0 Å². The van der Waals surface area contributed by atoms with Crippen molar-refractivity contribution in [2.45, 2.75) is 6.92 Å². The number of rotatable bonds is 8. The highest BCUT2D eigenvalue weighted by Crippen LogP contribution is 2.34. The molecule has 1 amide bonds. The zero-order valence-electron chi connectivity index (χ0n) is 20.0. The summed E-state index contributed by atoms with van der Waals surface area (Å²) in [6.45, 7) is 6.98. The Kier molecular flexibility index (Phi) is 7.13. The Morgan fingerprint density at radius 3 is 2.63 bits per heavy atom. The van der Waals surface area contributed by atoms with Crippen LogP contribution in [-0.4, -0.2) is 68.9 Å². The summed E-state index contributed by atoms with van der Waals surface area (Å²) >= 11 is 1.50. The maximum atomic E-state index is 14.0.